The Kier molecular flexibility index (Phi) is 3.59. The zero-order chi connectivity index (χ0) is 12.3. The fourth-order valence-corrected chi connectivity index (χ4v) is 1.65. The number of benzene rings is 1. The highest BCUT2D eigenvalue weighted by molar-refractivity contribution is 6.30. The Morgan fingerprint density at radius 2 is 1.88 bits per heavy atom. The Bertz CT molecular complexity index is 482. The highest BCUT2D eigenvalue weighted by Crippen LogP contribution is 2.15. The molecule has 4 heteroatoms. The lowest BCUT2D eigenvalue weighted by Crippen LogP contribution is -2.17. The molecule has 2 aromatic rings. The molecule has 0 aliphatic heterocycles. The molecule has 0 radical (unpaired) electrons. The molecular formula is C13H12ClFN2. The molecule has 2 rings (SSSR count). The summed E-state index contributed by atoms with van der Waals surface area (Å²) in [6.45, 7) is 0.676. The van der Waals surface area contributed by atoms with E-state index in [0.717, 1.165) is 11.4 Å². The number of anilines is 1. The number of halogens is 2. The van der Waals surface area contributed by atoms with E-state index in [-0.39, 0.29) is 5.82 Å². The van der Waals surface area contributed by atoms with Crippen LogP contribution < -0.4 is 4.90 Å². The van der Waals surface area contributed by atoms with Crippen molar-refractivity contribution in [3.8, 4) is 0 Å². The summed E-state index contributed by atoms with van der Waals surface area (Å²) in [5.74, 6) is 0.611. The van der Waals surface area contributed by atoms with Gasteiger partial charge in [0.1, 0.15) is 11.6 Å². The minimum atomic E-state index is -0.221. The van der Waals surface area contributed by atoms with Crippen LogP contribution in [0.15, 0.2) is 42.6 Å². The summed E-state index contributed by atoms with van der Waals surface area (Å²) in [7, 11) is 1.93. The lowest BCUT2D eigenvalue weighted by molar-refractivity contribution is 0.627. The molecule has 0 amide bonds. The van der Waals surface area contributed by atoms with Crippen LogP contribution in [0.4, 0.5) is 10.2 Å². The summed E-state index contributed by atoms with van der Waals surface area (Å²) in [6, 6.07) is 10.1. The van der Waals surface area contributed by atoms with Crippen molar-refractivity contribution < 1.29 is 4.39 Å². The highest BCUT2D eigenvalue weighted by atomic mass is 35.5. The van der Waals surface area contributed by atoms with Crippen molar-refractivity contribution in [3.05, 3.63) is 59.0 Å². The van der Waals surface area contributed by atoms with E-state index in [0.29, 0.717) is 11.6 Å². The average Bonchev–Trinajstić information content (AvgIpc) is 2.33. The van der Waals surface area contributed by atoms with E-state index in [1.165, 1.54) is 12.1 Å². The van der Waals surface area contributed by atoms with Crippen molar-refractivity contribution >= 4 is 17.4 Å². The largest absolute Gasteiger partial charge is 0.355 e. The van der Waals surface area contributed by atoms with Crippen LogP contribution in [-0.4, -0.2) is 12.0 Å². The van der Waals surface area contributed by atoms with Crippen molar-refractivity contribution in [3.63, 3.8) is 0 Å². The molecule has 0 saturated heterocycles. The van der Waals surface area contributed by atoms with E-state index in [9.17, 15) is 4.39 Å². The first-order valence-corrected chi connectivity index (χ1v) is 5.60. The molecule has 0 fully saturated rings. The standard InChI is InChI=1S/C13H12ClFN2/c1-17(13-7-4-11(14)8-16-13)9-10-2-5-12(15)6-3-10/h2-8H,9H2,1H3. The molecule has 0 unspecified atom stereocenters. The Labute approximate surface area is 105 Å². The molecule has 0 bridgehead atoms. The Morgan fingerprint density at radius 1 is 1.18 bits per heavy atom. The zero-order valence-corrected chi connectivity index (χ0v) is 10.2. The van der Waals surface area contributed by atoms with Crippen LogP contribution in [-0.2, 0) is 6.54 Å². The van der Waals surface area contributed by atoms with Gasteiger partial charge in [-0.1, -0.05) is 23.7 Å². The summed E-state index contributed by atoms with van der Waals surface area (Å²) in [5, 5.41) is 0.615. The van der Waals surface area contributed by atoms with E-state index in [2.05, 4.69) is 4.98 Å². The van der Waals surface area contributed by atoms with Gasteiger partial charge >= 0.3 is 0 Å². The molecule has 0 N–H and O–H groups in total. The topological polar surface area (TPSA) is 16.1 Å². The van der Waals surface area contributed by atoms with Crippen LogP contribution in [0.25, 0.3) is 0 Å². The van der Waals surface area contributed by atoms with Crippen molar-refractivity contribution in [1.82, 2.24) is 4.98 Å². The summed E-state index contributed by atoms with van der Waals surface area (Å²) >= 11 is 5.77. The van der Waals surface area contributed by atoms with Gasteiger partial charge < -0.3 is 4.90 Å². The van der Waals surface area contributed by atoms with Crippen molar-refractivity contribution in [2.24, 2.45) is 0 Å². The number of nitrogens with zero attached hydrogens (tertiary/aromatic N) is 2. The second-order valence-corrected chi connectivity index (χ2v) is 4.25. The van der Waals surface area contributed by atoms with Gasteiger partial charge in [0, 0.05) is 19.8 Å². The van der Waals surface area contributed by atoms with Crippen LogP contribution in [0.5, 0.6) is 0 Å². The van der Waals surface area contributed by atoms with Gasteiger partial charge in [-0.3, -0.25) is 0 Å². The molecule has 1 heterocycles. The molecule has 1 aromatic carbocycles. The van der Waals surface area contributed by atoms with Crippen LogP contribution in [0.3, 0.4) is 0 Å². The van der Waals surface area contributed by atoms with E-state index < -0.39 is 0 Å². The van der Waals surface area contributed by atoms with E-state index in [1.54, 1.807) is 24.4 Å². The maximum atomic E-state index is 12.8. The van der Waals surface area contributed by atoms with Crippen molar-refractivity contribution in [2.75, 3.05) is 11.9 Å². The first kappa shape index (κ1) is 11.9. The molecule has 0 aliphatic carbocycles. The van der Waals surface area contributed by atoms with E-state index in [1.807, 2.05) is 18.0 Å². The van der Waals surface area contributed by atoms with Gasteiger partial charge in [-0.15, -0.1) is 0 Å². The van der Waals surface area contributed by atoms with Gasteiger partial charge in [0.05, 0.1) is 5.02 Å². The molecular weight excluding hydrogens is 239 g/mol. The number of hydrogen-bond acceptors (Lipinski definition) is 2. The highest BCUT2D eigenvalue weighted by Gasteiger charge is 2.03. The maximum Gasteiger partial charge on any atom is 0.128 e. The van der Waals surface area contributed by atoms with Gasteiger partial charge in [-0.05, 0) is 29.8 Å². The predicted molar refractivity (Wildman–Crippen MR) is 67.8 cm³/mol. The average molecular weight is 251 g/mol. The van der Waals surface area contributed by atoms with Gasteiger partial charge in [0.25, 0.3) is 0 Å². The second-order valence-electron chi connectivity index (χ2n) is 3.82. The molecule has 0 spiro atoms. The van der Waals surface area contributed by atoms with Gasteiger partial charge in [-0.25, -0.2) is 9.37 Å². The Morgan fingerprint density at radius 3 is 2.47 bits per heavy atom. The molecule has 0 saturated carbocycles. The lowest BCUT2D eigenvalue weighted by Gasteiger charge is -2.18. The minimum absolute atomic E-state index is 0.221. The van der Waals surface area contributed by atoms with Gasteiger partial charge in [-0.2, -0.15) is 0 Å². The SMILES string of the molecule is CN(Cc1ccc(F)cc1)c1ccc(Cl)cn1. The van der Waals surface area contributed by atoms with Crippen LogP contribution in [0, 0.1) is 5.82 Å². The summed E-state index contributed by atoms with van der Waals surface area (Å²) in [6.07, 6.45) is 1.61. The summed E-state index contributed by atoms with van der Waals surface area (Å²) in [5.41, 5.74) is 1.03. The van der Waals surface area contributed by atoms with Gasteiger partial charge in [0.2, 0.25) is 0 Å². The Balaban J connectivity index is 2.08. The number of pyridine rings is 1. The summed E-state index contributed by atoms with van der Waals surface area (Å²) in [4.78, 5) is 6.19. The molecule has 17 heavy (non-hydrogen) atoms. The third kappa shape index (κ3) is 3.17. The van der Waals surface area contributed by atoms with E-state index >= 15 is 0 Å². The minimum Gasteiger partial charge on any atom is -0.355 e. The fourth-order valence-electron chi connectivity index (χ4n) is 1.54. The quantitative estimate of drug-likeness (QED) is 0.829. The molecule has 1 aromatic heterocycles. The second kappa shape index (κ2) is 5.15. The Hall–Kier alpha value is -1.61. The first-order chi connectivity index (χ1) is 8.15. The molecule has 0 aliphatic rings. The van der Waals surface area contributed by atoms with Crippen molar-refractivity contribution in [2.45, 2.75) is 6.54 Å². The number of rotatable bonds is 3. The third-order valence-corrected chi connectivity index (χ3v) is 2.66. The fraction of sp³-hybridized carbons (Fsp3) is 0.154. The van der Waals surface area contributed by atoms with Crippen LogP contribution in [0.2, 0.25) is 5.02 Å². The smallest absolute Gasteiger partial charge is 0.128 e. The van der Waals surface area contributed by atoms with E-state index in [4.69, 9.17) is 11.6 Å². The van der Waals surface area contributed by atoms with Crippen molar-refractivity contribution in [1.29, 1.82) is 0 Å². The zero-order valence-electron chi connectivity index (χ0n) is 9.40. The third-order valence-electron chi connectivity index (χ3n) is 2.44. The molecule has 0 atom stereocenters. The maximum absolute atomic E-state index is 12.8. The van der Waals surface area contributed by atoms with Crippen LogP contribution >= 0.6 is 11.6 Å². The molecule has 88 valence electrons. The molecule has 2 nitrogen and oxygen atoms in total. The monoisotopic (exact) mass is 250 g/mol. The predicted octanol–water partition coefficient (Wildman–Crippen LogP) is 3.51. The summed E-state index contributed by atoms with van der Waals surface area (Å²) < 4.78 is 12.8. The van der Waals surface area contributed by atoms with Gasteiger partial charge in [0.15, 0.2) is 0 Å². The first-order valence-electron chi connectivity index (χ1n) is 5.22. The van der Waals surface area contributed by atoms with Crippen LogP contribution in [0.1, 0.15) is 5.56 Å². The number of aromatic nitrogens is 1. The lowest BCUT2D eigenvalue weighted by atomic mass is 10.2. The number of hydrogen-bond donors (Lipinski definition) is 0. The normalized spacial score (nSPS) is 10.3.